The molecular formula is C9H13N5O. The number of aryl methyl sites for hydroxylation is 1. The van der Waals surface area contributed by atoms with E-state index in [-0.39, 0.29) is 0 Å². The maximum Gasteiger partial charge on any atom is 0.228 e. The van der Waals surface area contributed by atoms with Crippen molar-refractivity contribution in [2.75, 3.05) is 6.54 Å². The van der Waals surface area contributed by atoms with E-state index in [1.54, 1.807) is 0 Å². The molecule has 2 N–H and O–H groups in total. The highest BCUT2D eigenvalue weighted by molar-refractivity contribution is 5.46. The number of rotatable bonds is 4. The van der Waals surface area contributed by atoms with Crippen LogP contribution in [-0.2, 0) is 13.0 Å². The van der Waals surface area contributed by atoms with Crippen LogP contribution in [0.3, 0.4) is 0 Å². The Morgan fingerprint density at radius 3 is 3.07 bits per heavy atom. The number of nitrogens with two attached hydrogens (primary N) is 1. The molecule has 0 aliphatic rings. The van der Waals surface area contributed by atoms with Crippen molar-refractivity contribution in [2.45, 2.75) is 19.9 Å². The summed E-state index contributed by atoms with van der Waals surface area (Å²) in [4.78, 5) is 4.18. The van der Waals surface area contributed by atoms with Crippen molar-refractivity contribution < 1.29 is 4.52 Å². The Bertz CT molecular complexity index is 433. The van der Waals surface area contributed by atoms with E-state index in [0.717, 1.165) is 12.2 Å². The van der Waals surface area contributed by atoms with Gasteiger partial charge in [0.2, 0.25) is 11.7 Å². The van der Waals surface area contributed by atoms with Crippen LogP contribution in [0.15, 0.2) is 16.8 Å². The number of hydrogen-bond donors (Lipinski definition) is 1. The summed E-state index contributed by atoms with van der Waals surface area (Å²) in [5, 5.41) is 8.11. The summed E-state index contributed by atoms with van der Waals surface area (Å²) in [7, 11) is 0. The Morgan fingerprint density at radius 2 is 2.40 bits per heavy atom. The Kier molecular flexibility index (Phi) is 2.77. The Balaban J connectivity index is 2.21. The van der Waals surface area contributed by atoms with Crippen LogP contribution in [0.1, 0.15) is 12.8 Å². The van der Waals surface area contributed by atoms with Gasteiger partial charge in [-0.05, 0) is 13.0 Å². The van der Waals surface area contributed by atoms with Crippen molar-refractivity contribution in [2.24, 2.45) is 5.73 Å². The van der Waals surface area contributed by atoms with Crippen LogP contribution >= 0.6 is 0 Å². The molecule has 2 aromatic rings. The summed E-state index contributed by atoms with van der Waals surface area (Å²) in [5.41, 5.74) is 6.11. The highest BCUT2D eigenvalue weighted by Gasteiger charge is 2.10. The fourth-order valence-corrected chi connectivity index (χ4v) is 1.24. The Hall–Kier alpha value is -1.69. The predicted octanol–water partition coefficient (Wildman–Crippen LogP) is 0.454. The van der Waals surface area contributed by atoms with E-state index < -0.39 is 0 Å². The molecule has 0 radical (unpaired) electrons. The average Bonchev–Trinajstić information content (AvgIpc) is 2.85. The smallest absolute Gasteiger partial charge is 0.228 e. The van der Waals surface area contributed by atoms with Crippen molar-refractivity contribution in [3.63, 3.8) is 0 Å². The first-order chi connectivity index (χ1) is 7.33. The van der Waals surface area contributed by atoms with E-state index in [0.29, 0.717) is 24.7 Å². The van der Waals surface area contributed by atoms with E-state index in [2.05, 4.69) is 15.2 Å². The first kappa shape index (κ1) is 9.85. The monoisotopic (exact) mass is 207 g/mol. The van der Waals surface area contributed by atoms with Crippen molar-refractivity contribution >= 4 is 0 Å². The van der Waals surface area contributed by atoms with Crippen LogP contribution in [0.5, 0.6) is 0 Å². The minimum atomic E-state index is 0.505. The molecule has 6 nitrogen and oxygen atoms in total. The minimum absolute atomic E-state index is 0.505. The zero-order chi connectivity index (χ0) is 10.7. The molecule has 2 heterocycles. The highest BCUT2D eigenvalue weighted by Crippen LogP contribution is 2.12. The second kappa shape index (κ2) is 4.22. The molecule has 0 bridgehead atoms. The van der Waals surface area contributed by atoms with Crippen molar-refractivity contribution in [3.05, 3.63) is 18.2 Å². The van der Waals surface area contributed by atoms with Crippen LogP contribution in [0.4, 0.5) is 0 Å². The van der Waals surface area contributed by atoms with E-state index >= 15 is 0 Å². The van der Waals surface area contributed by atoms with Crippen molar-refractivity contribution in [1.82, 2.24) is 19.9 Å². The van der Waals surface area contributed by atoms with Crippen LogP contribution in [0, 0.1) is 0 Å². The molecular weight excluding hydrogens is 194 g/mol. The number of nitrogens with zero attached hydrogens (tertiary/aromatic N) is 4. The highest BCUT2D eigenvalue weighted by atomic mass is 16.5. The van der Waals surface area contributed by atoms with Gasteiger partial charge in [0.15, 0.2) is 0 Å². The SMILES string of the molecule is CCn1ccc(-c2noc(CCN)n2)n1. The molecule has 0 saturated heterocycles. The topological polar surface area (TPSA) is 82.8 Å². The zero-order valence-corrected chi connectivity index (χ0v) is 8.55. The fourth-order valence-electron chi connectivity index (χ4n) is 1.24. The summed E-state index contributed by atoms with van der Waals surface area (Å²) in [6, 6.07) is 1.86. The molecule has 6 heteroatoms. The average molecular weight is 207 g/mol. The van der Waals surface area contributed by atoms with Gasteiger partial charge >= 0.3 is 0 Å². The minimum Gasteiger partial charge on any atom is -0.339 e. The summed E-state index contributed by atoms with van der Waals surface area (Å²) in [5.74, 6) is 1.07. The first-order valence-electron chi connectivity index (χ1n) is 4.90. The van der Waals surface area contributed by atoms with Gasteiger partial charge in [-0.2, -0.15) is 10.1 Å². The third-order valence-electron chi connectivity index (χ3n) is 2.02. The third-order valence-corrected chi connectivity index (χ3v) is 2.02. The van der Waals surface area contributed by atoms with Gasteiger partial charge in [-0.3, -0.25) is 4.68 Å². The third kappa shape index (κ3) is 2.04. The second-order valence-corrected chi connectivity index (χ2v) is 3.11. The standard InChI is InChI=1S/C9H13N5O/c1-2-14-6-4-7(12-14)9-11-8(3-5-10)15-13-9/h4,6H,2-3,5,10H2,1H3. The summed E-state index contributed by atoms with van der Waals surface area (Å²) in [6.45, 7) is 3.35. The van der Waals surface area contributed by atoms with E-state index in [1.807, 2.05) is 23.9 Å². The molecule has 15 heavy (non-hydrogen) atoms. The molecule has 0 spiro atoms. The van der Waals surface area contributed by atoms with Gasteiger partial charge < -0.3 is 10.3 Å². The summed E-state index contributed by atoms with van der Waals surface area (Å²) < 4.78 is 6.83. The number of hydrogen-bond acceptors (Lipinski definition) is 5. The lowest BCUT2D eigenvalue weighted by atomic mass is 10.4. The lowest BCUT2D eigenvalue weighted by Gasteiger charge is -1.90. The molecule has 2 rings (SSSR count). The van der Waals surface area contributed by atoms with Gasteiger partial charge in [-0.15, -0.1) is 0 Å². The van der Waals surface area contributed by atoms with Gasteiger partial charge in [-0.25, -0.2) is 0 Å². The van der Waals surface area contributed by atoms with Crippen molar-refractivity contribution in [1.29, 1.82) is 0 Å². The maximum absolute atomic E-state index is 5.39. The largest absolute Gasteiger partial charge is 0.339 e. The van der Waals surface area contributed by atoms with Crippen molar-refractivity contribution in [3.8, 4) is 11.5 Å². The molecule has 0 atom stereocenters. The molecule has 0 amide bonds. The summed E-state index contributed by atoms with van der Waals surface area (Å²) in [6.07, 6.45) is 2.48. The molecule has 2 aromatic heterocycles. The normalized spacial score (nSPS) is 10.8. The lowest BCUT2D eigenvalue weighted by Crippen LogP contribution is -2.02. The van der Waals surface area contributed by atoms with Crippen LogP contribution in [-0.4, -0.2) is 26.5 Å². The van der Waals surface area contributed by atoms with Crippen LogP contribution in [0.2, 0.25) is 0 Å². The van der Waals surface area contributed by atoms with Crippen LogP contribution in [0.25, 0.3) is 11.5 Å². The molecule has 0 saturated carbocycles. The van der Waals surface area contributed by atoms with Gasteiger partial charge in [0.25, 0.3) is 0 Å². The second-order valence-electron chi connectivity index (χ2n) is 3.11. The van der Waals surface area contributed by atoms with Gasteiger partial charge in [0.05, 0.1) is 0 Å². The fraction of sp³-hybridized carbons (Fsp3) is 0.444. The van der Waals surface area contributed by atoms with E-state index in [4.69, 9.17) is 10.3 Å². The van der Waals surface area contributed by atoms with E-state index in [9.17, 15) is 0 Å². The van der Waals surface area contributed by atoms with Gasteiger partial charge in [0, 0.05) is 25.7 Å². The van der Waals surface area contributed by atoms with Crippen LogP contribution < -0.4 is 5.73 Å². The quantitative estimate of drug-likeness (QED) is 0.787. The number of aromatic nitrogens is 4. The Labute approximate surface area is 87.1 Å². The predicted molar refractivity (Wildman–Crippen MR) is 54.0 cm³/mol. The van der Waals surface area contributed by atoms with Gasteiger partial charge in [0.1, 0.15) is 5.69 Å². The van der Waals surface area contributed by atoms with E-state index in [1.165, 1.54) is 0 Å². The molecule has 80 valence electrons. The maximum atomic E-state index is 5.39. The molecule has 0 unspecified atom stereocenters. The Morgan fingerprint density at radius 1 is 1.53 bits per heavy atom. The lowest BCUT2D eigenvalue weighted by molar-refractivity contribution is 0.380. The zero-order valence-electron chi connectivity index (χ0n) is 8.55. The molecule has 0 aliphatic carbocycles. The van der Waals surface area contributed by atoms with Gasteiger partial charge in [-0.1, -0.05) is 5.16 Å². The first-order valence-corrected chi connectivity index (χ1v) is 4.90. The molecule has 0 fully saturated rings. The summed E-state index contributed by atoms with van der Waals surface area (Å²) >= 11 is 0. The molecule has 0 aliphatic heterocycles. The molecule has 0 aromatic carbocycles.